The summed E-state index contributed by atoms with van der Waals surface area (Å²) in [7, 11) is 0. The van der Waals surface area contributed by atoms with Gasteiger partial charge in [-0.2, -0.15) is 0 Å². The fraction of sp³-hybridized carbons (Fsp3) is 0.429. The van der Waals surface area contributed by atoms with Gasteiger partial charge >= 0.3 is 0 Å². The number of rotatable bonds is 3. The molecular weight excluding hydrogens is 226 g/mol. The average Bonchev–Trinajstić information content (AvgIpc) is 2.65. The van der Waals surface area contributed by atoms with Gasteiger partial charge in [0.2, 0.25) is 0 Å². The average molecular weight is 245 g/mol. The standard InChI is InChI=1S/C14H19N3O/c1-2-8-16-9-3-10-17(12-11-16)14(18)13-4-6-15-7-5-13/h2,4-7H,1,3,8-12H2. The maximum Gasteiger partial charge on any atom is 0.254 e. The Hall–Kier alpha value is -1.68. The van der Waals surface area contributed by atoms with Crippen LogP contribution in [0.4, 0.5) is 0 Å². The Morgan fingerprint density at radius 3 is 2.78 bits per heavy atom. The van der Waals surface area contributed by atoms with E-state index in [1.54, 1.807) is 24.5 Å². The molecule has 0 unspecified atom stereocenters. The van der Waals surface area contributed by atoms with Crippen LogP contribution in [0.1, 0.15) is 16.8 Å². The minimum absolute atomic E-state index is 0.109. The highest BCUT2D eigenvalue weighted by Gasteiger charge is 2.19. The summed E-state index contributed by atoms with van der Waals surface area (Å²) in [5.41, 5.74) is 0.724. The molecule has 2 heterocycles. The fourth-order valence-corrected chi connectivity index (χ4v) is 2.22. The zero-order valence-corrected chi connectivity index (χ0v) is 10.6. The van der Waals surface area contributed by atoms with Crippen LogP contribution in [0.5, 0.6) is 0 Å². The molecule has 0 aliphatic carbocycles. The molecule has 0 radical (unpaired) electrons. The number of aromatic nitrogens is 1. The van der Waals surface area contributed by atoms with E-state index in [9.17, 15) is 4.79 Å². The molecule has 2 rings (SSSR count). The van der Waals surface area contributed by atoms with Gasteiger partial charge in [-0.25, -0.2) is 0 Å². The molecule has 0 aromatic carbocycles. The zero-order chi connectivity index (χ0) is 12.8. The SMILES string of the molecule is C=CCN1CCCN(C(=O)c2ccncc2)CC1. The Labute approximate surface area is 108 Å². The molecule has 0 spiro atoms. The van der Waals surface area contributed by atoms with E-state index in [-0.39, 0.29) is 5.91 Å². The summed E-state index contributed by atoms with van der Waals surface area (Å²) < 4.78 is 0. The van der Waals surface area contributed by atoms with Gasteiger partial charge < -0.3 is 4.90 Å². The number of nitrogens with zero attached hydrogens (tertiary/aromatic N) is 3. The largest absolute Gasteiger partial charge is 0.337 e. The lowest BCUT2D eigenvalue weighted by Crippen LogP contribution is -2.35. The molecule has 1 amide bonds. The maximum absolute atomic E-state index is 12.3. The van der Waals surface area contributed by atoms with E-state index in [1.807, 2.05) is 11.0 Å². The number of hydrogen-bond donors (Lipinski definition) is 0. The topological polar surface area (TPSA) is 36.4 Å². The van der Waals surface area contributed by atoms with E-state index < -0.39 is 0 Å². The summed E-state index contributed by atoms with van der Waals surface area (Å²) in [5, 5.41) is 0. The highest BCUT2D eigenvalue weighted by molar-refractivity contribution is 5.94. The van der Waals surface area contributed by atoms with Crippen molar-refractivity contribution in [1.82, 2.24) is 14.8 Å². The van der Waals surface area contributed by atoms with Gasteiger partial charge in [-0.15, -0.1) is 6.58 Å². The zero-order valence-electron chi connectivity index (χ0n) is 10.6. The third-order valence-electron chi connectivity index (χ3n) is 3.19. The molecule has 1 aliphatic heterocycles. The second kappa shape index (κ2) is 6.31. The van der Waals surface area contributed by atoms with Gasteiger partial charge in [-0.3, -0.25) is 14.7 Å². The number of pyridine rings is 1. The molecule has 4 heteroatoms. The number of carbonyl (C=O) groups excluding carboxylic acids is 1. The van der Waals surface area contributed by atoms with Crippen molar-refractivity contribution >= 4 is 5.91 Å². The molecule has 1 aromatic rings. The van der Waals surface area contributed by atoms with E-state index >= 15 is 0 Å². The fourth-order valence-electron chi connectivity index (χ4n) is 2.22. The van der Waals surface area contributed by atoms with Crippen LogP contribution < -0.4 is 0 Å². The van der Waals surface area contributed by atoms with Crippen LogP contribution >= 0.6 is 0 Å². The first kappa shape index (κ1) is 12.8. The first-order valence-corrected chi connectivity index (χ1v) is 6.34. The summed E-state index contributed by atoms with van der Waals surface area (Å²) in [5.74, 6) is 0.109. The molecule has 96 valence electrons. The van der Waals surface area contributed by atoms with Gasteiger partial charge in [0.25, 0.3) is 5.91 Å². The van der Waals surface area contributed by atoms with Gasteiger partial charge in [0.1, 0.15) is 0 Å². The molecule has 1 aromatic heterocycles. The summed E-state index contributed by atoms with van der Waals surface area (Å²) in [6.07, 6.45) is 6.26. The maximum atomic E-state index is 12.3. The molecule has 18 heavy (non-hydrogen) atoms. The Balaban J connectivity index is 1.98. The van der Waals surface area contributed by atoms with Crippen molar-refractivity contribution in [3.05, 3.63) is 42.7 Å². The third kappa shape index (κ3) is 3.17. The van der Waals surface area contributed by atoms with Crippen molar-refractivity contribution in [2.24, 2.45) is 0 Å². The van der Waals surface area contributed by atoms with Crippen LogP contribution in [-0.2, 0) is 0 Å². The van der Waals surface area contributed by atoms with Crippen LogP contribution in [0, 0.1) is 0 Å². The molecule has 0 bridgehead atoms. The van der Waals surface area contributed by atoms with Crippen molar-refractivity contribution in [2.75, 3.05) is 32.7 Å². The highest BCUT2D eigenvalue weighted by Crippen LogP contribution is 2.08. The predicted octanol–water partition coefficient (Wildman–Crippen LogP) is 1.42. The van der Waals surface area contributed by atoms with Crippen LogP contribution in [0.25, 0.3) is 0 Å². The third-order valence-corrected chi connectivity index (χ3v) is 3.19. The molecule has 0 atom stereocenters. The lowest BCUT2D eigenvalue weighted by atomic mass is 10.2. The second-order valence-electron chi connectivity index (χ2n) is 4.47. The number of carbonyl (C=O) groups is 1. The van der Waals surface area contributed by atoms with Crippen molar-refractivity contribution in [2.45, 2.75) is 6.42 Å². The second-order valence-corrected chi connectivity index (χ2v) is 4.47. The van der Waals surface area contributed by atoms with Crippen LogP contribution in [0.2, 0.25) is 0 Å². The Bertz CT molecular complexity index is 405. The highest BCUT2D eigenvalue weighted by atomic mass is 16.2. The normalized spacial score (nSPS) is 17.2. The van der Waals surface area contributed by atoms with Crippen LogP contribution in [-0.4, -0.2) is 53.4 Å². The van der Waals surface area contributed by atoms with Crippen molar-refractivity contribution in [1.29, 1.82) is 0 Å². The molecular formula is C14H19N3O. The predicted molar refractivity (Wildman–Crippen MR) is 71.4 cm³/mol. The van der Waals surface area contributed by atoms with Crippen molar-refractivity contribution in [3.63, 3.8) is 0 Å². The van der Waals surface area contributed by atoms with Gasteiger partial charge in [0, 0.05) is 50.7 Å². The van der Waals surface area contributed by atoms with Crippen molar-refractivity contribution < 1.29 is 4.79 Å². The Kier molecular flexibility index (Phi) is 4.47. The van der Waals surface area contributed by atoms with E-state index in [1.165, 1.54) is 0 Å². The molecule has 1 fully saturated rings. The van der Waals surface area contributed by atoms with Crippen LogP contribution in [0.3, 0.4) is 0 Å². The number of hydrogen-bond acceptors (Lipinski definition) is 3. The summed E-state index contributed by atoms with van der Waals surface area (Å²) in [4.78, 5) is 20.5. The summed E-state index contributed by atoms with van der Waals surface area (Å²) in [6, 6.07) is 3.55. The lowest BCUT2D eigenvalue weighted by Gasteiger charge is -2.21. The minimum atomic E-state index is 0.109. The van der Waals surface area contributed by atoms with Crippen molar-refractivity contribution in [3.8, 4) is 0 Å². The van der Waals surface area contributed by atoms with E-state index in [0.717, 1.165) is 44.7 Å². The summed E-state index contributed by atoms with van der Waals surface area (Å²) >= 11 is 0. The van der Waals surface area contributed by atoms with Crippen LogP contribution in [0.15, 0.2) is 37.2 Å². The smallest absolute Gasteiger partial charge is 0.254 e. The lowest BCUT2D eigenvalue weighted by molar-refractivity contribution is 0.0762. The van der Waals surface area contributed by atoms with E-state index in [0.29, 0.717) is 0 Å². The van der Waals surface area contributed by atoms with E-state index in [2.05, 4.69) is 16.5 Å². The van der Waals surface area contributed by atoms with Gasteiger partial charge in [0.05, 0.1) is 0 Å². The van der Waals surface area contributed by atoms with Gasteiger partial charge in [0.15, 0.2) is 0 Å². The number of amides is 1. The molecule has 0 N–H and O–H groups in total. The van der Waals surface area contributed by atoms with E-state index in [4.69, 9.17) is 0 Å². The first-order valence-electron chi connectivity index (χ1n) is 6.34. The molecule has 4 nitrogen and oxygen atoms in total. The first-order chi connectivity index (χ1) is 8.81. The Morgan fingerprint density at radius 1 is 1.28 bits per heavy atom. The van der Waals surface area contributed by atoms with Gasteiger partial charge in [-0.05, 0) is 18.6 Å². The monoisotopic (exact) mass is 245 g/mol. The molecule has 1 saturated heterocycles. The minimum Gasteiger partial charge on any atom is -0.337 e. The quantitative estimate of drug-likeness (QED) is 0.756. The Morgan fingerprint density at radius 2 is 2.06 bits per heavy atom. The summed E-state index contributed by atoms with van der Waals surface area (Å²) in [6.45, 7) is 8.23. The van der Waals surface area contributed by atoms with Gasteiger partial charge in [-0.1, -0.05) is 6.08 Å². The molecule has 1 aliphatic rings. The molecule has 0 saturated carbocycles.